The number of carbonyl (C=O) groups is 1. The highest BCUT2D eigenvalue weighted by Gasteiger charge is 2.62. The van der Waals surface area contributed by atoms with Crippen LogP contribution >= 0.6 is 0 Å². The van der Waals surface area contributed by atoms with Gasteiger partial charge in [0.1, 0.15) is 5.78 Å². The molecule has 0 unspecified atom stereocenters. The maximum Gasteiger partial charge on any atom is 0.585 e. The fraction of sp³-hybridized carbons (Fsp3) is 0.567. The number of nitrogens with zero attached hydrogens (tertiary/aromatic N) is 1. The highest BCUT2D eigenvalue weighted by Crippen LogP contribution is 2.64. The quantitative estimate of drug-likeness (QED) is 0.433. The van der Waals surface area contributed by atoms with Crippen molar-refractivity contribution < 1.29 is 33.3 Å². The molecule has 2 aromatic rings. The summed E-state index contributed by atoms with van der Waals surface area (Å²) in [6.07, 6.45) is 2.51. The van der Waals surface area contributed by atoms with Crippen molar-refractivity contribution in [2.45, 2.75) is 90.6 Å². The maximum atomic E-state index is 13.5. The molecule has 2 atom stereocenters. The molecule has 1 saturated carbocycles. The lowest BCUT2D eigenvalue weighted by molar-refractivity contribution is -0.337. The van der Waals surface area contributed by atoms with E-state index >= 15 is 0 Å². The van der Waals surface area contributed by atoms with Crippen molar-refractivity contribution in [3.63, 3.8) is 0 Å². The van der Waals surface area contributed by atoms with E-state index in [0.29, 0.717) is 19.4 Å². The molecule has 3 aliphatic rings. The third-order valence-electron chi connectivity index (χ3n) is 8.46. The molecule has 0 bridgehead atoms. The van der Waals surface area contributed by atoms with E-state index in [1.165, 1.54) is 6.08 Å². The number of allylic oxidation sites excluding steroid dienone is 3. The molecular formula is C30H37F2NO5. The van der Waals surface area contributed by atoms with Crippen molar-refractivity contribution in [3.05, 3.63) is 59.2 Å². The van der Waals surface area contributed by atoms with Crippen molar-refractivity contribution in [2.24, 2.45) is 10.8 Å². The molecule has 206 valence electrons. The molecule has 38 heavy (non-hydrogen) atoms. The third-order valence-corrected chi connectivity index (χ3v) is 8.46. The van der Waals surface area contributed by atoms with Crippen molar-refractivity contribution in [1.82, 2.24) is 4.57 Å². The van der Waals surface area contributed by atoms with Gasteiger partial charge in [-0.1, -0.05) is 39.8 Å². The molecule has 8 heteroatoms. The Bertz CT molecular complexity index is 1310. The molecule has 1 aliphatic heterocycles. The van der Waals surface area contributed by atoms with Gasteiger partial charge in [-0.15, -0.1) is 8.78 Å². The second-order valence-electron chi connectivity index (χ2n) is 12.4. The molecule has 0 saturated heterocycles. The lowest BCUT2D eigenvalue weighted by atomic mass is 9.66. The van der Waals surface area contributed by atoms with Gasteiger partial charge >= 0.3 is 6.29 Å². The minimum atomic E-state index is -3.64. The molecule has 1 aromatic heterocycles. The monoisotopic (exact) mass is 529 g/mol. The van der Waals surface area contributed by atoms with Crippen LogP contribution in [0, 0.1) is 10.8 Å². The maximum absolute atomic E-state index is 13.5. The number of fused-ring (bicyclic) bond motifs is 1. The van der Waals surface area contributed by atoms with Gasteiger partial charge < -0.3 is 24.3 Å². The van der Waals surface area contributed by atoms with Crippen LogP contribution in [-0.4, -0.2) is 39.6 Å². The van der Waals surface area contributed by atoms with Gasteiger partial charge in [0, 0.05) is 45.7 Å². The van der Waals surface area contributed by atoms with E-state index in [-0.39, 0.29) is 35.7 Å². The minimum Gasteiger partial charge on any atom is -0.400 e. The van der Waals surface area contributed by atoms with Gasteiger partial charge in [-0.2, -0.15) is 0 Å². The number of rotatable bonds is 9. The van der Waals surface area contributed by atoms with Crippen molar-refractivity contribution >= 4 is 16.7 Å². The molecule has 0 amide bonds. The number of aryl methyl sites for hydroxylation is 1. The van der Waals surface area contributed by atoms with Crippen LogP contribution in [0.15, 0.2) is 47.9 Å². The smallest absolute Gasteiger partial charge is 0.400 e. The number of aliphatic hydroxyl groups is 2. The molecule has 0 radical (unpaired) electrons. The number of benzene rings is 1. The standard InChI is InChI=1S/C30H37F2NO5/c1-27(2,3)25-15-20-14-19(8-9-22(20)33(25)17-21(35)18-34)6-5-7-26(36)29(12-13-29)28(4)11-10-23-24(16-28)38-30(31,32)37-23/h8-11,14-15,21,34-35H,5-7,12-13,16-18H2,1-4H3/t21-,28+/m1/s1. The highest BCUT2D eigenvalue weighted by molar-refractivity contribution is 5.89. The molecular weight excluding hydrogens is 492 g/mol. The summed E-state index contributed by atoms with van der Waals surface area (Å²) in [5, 5.41) is 20.5. The van der Waals surface area contributed by atoms with E-state index < -0.39 is 23.2 Å². The largest absolute Gasteiger partial charge is 0.585 e. The van der Waals surface area contributed by atoms with Crippen molar-refractivity contribution in [1.29, 1.82) is 0 Å². The van der Waals surface area contributed by atoms with E-state index in [4.69, 9.17) is 4.74 Å². The Hall–Kier alpha value is -2.71. The number of hydrogen-bond acceptors (Lipinski definition) is 5. The number of aromatic nitrogens is 1. The SMILES string of the molecule is CC(C)(C)c1cc2cc(CCCC(=O)C3([C@@]4(C)C=CC5=C(C4)OC(F)(F)O5)CC3)ccc2n1C[C@@H](O)CO. The van der Waals surface area contributed by atoms with Gasteiger partial charge in [-0.05, 0) is 55.5 Å². The van der Waals surface area contributed by atoms with Gasteiger partial charge in [-0.25, -0.2) is 0 Å². The Morgan fingerprint density at radius 1 is 1.18 bits per heavy atom. The Morgan fingerprint density at radius 2 is 1.92 bits per heavy atom. The van der Waals surface area contributed by atoms with Gasteiger partial charge in [0.2, 0.25) is 0 Å². The summed E-state index contributed by atoms with van der Waals surface area (Å²) in [6.45, 7) is 8.36. The topological polar surface area (TPSA) is 80.9 Å². The second kappa shape index (κ2) is 9.19. The first-order valence-corrected chi connectivity index (χ1v) is 13.4. The minimum absolute atomic E-state index is 0.0560. The van der Waals surface area contributed by atoms with E-state index in [1.807, 2.05) is 19.1 Å². The number of halogens is 2. The normalized spacial score (nSPS) is 24.2. The van der Waals surface area contributed by atoms with Gasteiger partial charge in [-0.3, -0.25) is 4.79 Å². The highest BCUT2D eigenvalue weighted by atomic mass is 19.3. The lowest BCUT2D eigenvalue weighted by Gasteiger charge is -2.36. The molecule has 5 rings (SSSR count). The number of carbonyl (C=O) groups excluding carboxylic acids is 1. The third kappa shape index (κ3) is 4.77. The molecule has 6 nitrogen and oxygen atoms in total. The van der Waals surface area contributed by atoms with Gasteiger partial charge in [0.15, 0.2) is 11.5 Å². The van der Waals surface area contributed by atoms with Crippen LogP contribution in [0.2, 0.25) is 0 Å². The first kappa shape index (κ1) is 26.9. The fourth-order valence-electron chi connectivity index (χ4n) is 6.18. The van der Waals surface area contributed by atoms with E-state index in [1.54, 1.807) is 0 Å². The van der Waals surface area contributed by atoms with Crippen LogP contribution in [-0.2, 0) is 32.6 Å². The van der Waals surface area contributed by atoms with Crippen LogP contribution in [0.5, 0.6) is 0 Å². The van der Waals surface area contributed by atoms with E-state index in [2.05, 4.69) is 48.3 Å². The Balaban J connectivity index is 1.25. The molecule has 2 aliphatic carbocycles. The van der Waals surface area contributed by atoms with Crippen molar-refractivity contribution in [2.75, 3.05) is 6.61 Å². The van der Waals surface area contributed by atoms with Crippen LogP contribution in [0.25, 0.3) is 10.9 Å². The predicted molar refractivity (Wildman–Crippen MR) is 139 cm³/mol. The predicted octanol–water partition coefficient (Wildman–Crippen LogP) is 5.74. The number of ether oxygens (including phenoxy) is 2. The van der Waals surface area contributed by atoms with Crippen LogP contribution < -0.4 is 0 Å². The molecule has 1 aromatic carbocycles. The molecule has 2 heterocycles. The fourth-order valence-corrected chi connectivity index (χ4v) is 6.18. The summed E-state index contributed by atoms with van der Waals surface area (Å²) in [5.74, 6) is 0.362. The summed E-state index contributed by atoms with van der Waals surface area (Å²) in [5.41, 5.74) is 1.98. The number of Topliss-reactive ketones (excluding diaryl/α,β-unsaturated/α-hetero) is 1. The molecule has 2 N–H and O–H groups in total. The first-order valence-electron chi connectivity index (χ1n) is 13.4. The summed E-state index contributed by atoms with van der Waals surface area (Å²) in [6, 6.07) is 8.39. The number of hydrogen-bond donors (Lipinski definition) is 2. The van der Waals surface area contributed by atoms with Gasteiger partial charge in [0.05, 0.1) is 19.3 Å². The van der Waals surface area contributed by atoms with Crippen LogP contribution in [0.4, 0.5) is 8.78 Å². The molecule has 1 fully saturated rings. The summed E-state index contributed by atoms with van der Waals surface area (Å²) in [7, 11) is 0. The van der Waals surface area contributed by atoms with E-state index in [0.717, 1.165) is 41.4 Å². The van der Waals surface area contributed by atoms with Crippen LogP contribution in [0.1, 0.15) is 71.1 Å². The summed E-state index contributed by atoms with van der Waals surface area (Å²) < 4.78 is 38.4. The zero-order valence-electron chi connectivity index (χ0n) is 22.5. The Kier molecular flexibility index (Phi) is 6.50. The zero-order valence-corrected chi connectivity index (χ0v) is 22.5. The Morgan fingerprint density at radius 3 is 2.58 bits per heavy atom. The zero-order chi connectivity index (χ0) is 27.5. The van der Waals surface area contributed by atoms with Crippen LogP contribution in [0.3, 0.4) is 0 Å². The summed E-state index contributed by atoms with van der Waals surface area (Å²) in [4.78, 5) is 13.4. The average Bonchev–Trinajstić information content (AvgIpc) is 3.50. The Labute approximate surface area is 221 Å². The second-order valence-corrected chi connectivity index (χ2v) is 12.4. The number of ketones is 1. The first-order chi connectivity index (χ1) is 17.8. The average molecular weight is 530 g/mol. The van der Waals surface area contributed by atoms with Gasteiger partial charge in [0.25, 0.3) is 0 Å². The van der Waals surface area contributed by atoms with E-state index in [9.17, 15) is 23.8 Å². The molecule has 0 spiro atoms. The number of alkyl halides is 2. The lowest BCUT2D eigenvalue weighted by Crippen LogP contribution is -2.35. The number of aliphatic hydroxyl groups excluding tert-OH is 2. The summed E-state index contributed by atoms with van der Waals surface area (Å²) >= 11 is 0. The van der Waals surface area contributed by atoms with Crippen molar-refractivity contribution in [3.8, 4) is 0 Å².